The molecule has 0 radical (unpaired) electrons. The second-order valence-electron chi connectivity index (χ2n) is 4.84. The molecule has 0 aromatic heterocycles. The van der Waals surface area contributed by atoms with Crippen LogP contribution < -0.4 is 0 Å². The van der Waals surface area contributed by atoms with Crippen molar-refractivity contribution in [3.8, 4) is 0 Å². The van der Waals surface area contributed by atoms with E-state index in [0.29, 0.717) is 12.1 Å². The summed E-state index contributed by atoms with van der Waals surface area (Å²) in [5.41, 5.74) is 0. The predicted octanol–water partition coefficient (Wildman–Crippen LogP) is 1.01. The number of aliphatic hydroxyl groups excluding tert-OH is 1. The highest BCUT2D eigenvalue weighted by Crippen LogP contribution is 2.32. The maximum atomic E-state index is 10.0. The van der Waals surface area contributed by atoms with Crippen LogP contribution in [-0.2, 0) is 4.74 Å². The summed E-state index contributed by atoms with van der Waals surface area (Å²) in [5, 5.41) is 10.0. The summed E-state index contributed by atoms with van der Waals surface area (Å²) < 4.78 is 5.60. The van der Waals surface area contributed by atoms with Crippen molar-refractivity contribution in [3.63, 3.8) is 0 Å². The molecule has 0 spiro atoms. The lowest BCUT2D eigenvalue weighted by molar-refractivity contribution is -0.138. The van der Waals surface area contributed by atoms with Crippen molar-refractivity contribution in [1.82, 2.24) is 4.90 Å². The van der Waals surface area contributed by atoms with Gasteiger partial charge in [-0.1, -0.05) is 0 Å². The molecular formula is C11H21NO2. The van der Waals surface area contributed by atoms with Gasteiger partial charge in [-0.3, -0.25) is 4.90 Å². The minimum Gasteiger partial charge on any atom is -0.389 e. The zero-order chi connectivity index (χ0) is 10.3. The van der Waals surface area contributed by atoms with Gasteiger partial charge in [0.2, 0.25) is 0 Å². The van der Waals surface area contributed by atoms with Gasteiger partial charge in [0.15, 0.2) is 0 Å². The highest BCUT2D eigenvalue weighted by atomic mass is 16.5. The zero-order valence-electron chi connectivity index (χ0n) is 9.31. The summed E-state index contributed by atoms with van der Waals surface area (Å²) in [7, 11) is 2.14. The summed E-state index contributed by atoms with van der Waals surface area (Å²) in [4.78, 5) is 2.35. The predicted molar refractivity (Wildman–Crippen MR) is 55.2 cm³/mol. The Bertz CT molecular complexity index is 201. The smallest absolute Gasteiger partial charge is 0.0954 e. The van der Waals surface area contributed by atoms with E-state index in [0.717, 1.165) is 6.42 Å². The van der Waals surface area contributed by atoms with Gasteiger partial charge < -0.3 is 9.84 Å². The first-order valence-electron chi connectivity index (χ1n) is 5.65. The molecule has 3 nitrogen and oxygen atoms in total. The van der Waals surface area contributed by atoms with E-state index < -0.39 is 0 Å². The Morgan fingerprint density at radius 3 is 2.50 bits per heavy atom. The van der Waals surface area contributed by atoms with Crippen LogP contribution in [-0.4, -0.2) is 47.4 Å². The summed E-state index contributed by atoms with van der Waals surface area (Å²) in [6.45, 7) is 4.06. The van der Waals surface area contributed by atoms with Crippen LogP contribution in [0.15, 0.2) is 0 Å². The van der Waals surface area contributed by atoms with E-state index in [1.807, 2.05) is 6.92 Å². The Labute approximate surface area is 86.0 Å². The quantitative estimate of drug-likeness (QED) is 0.720. The van der Waals surface area contributed by atoms with Crippen molar-refractivity contribution in [2.45, 2.75) is 63.5 Å². The van der Waals surface area contributed by atoms with Crippen LogP contribution in [0.4, 0.5) is 0 Å². The fraction of sp³-hybridized carbons (Fsp3) is 1.00. The first-order valence-corrected chi connectivity index (χ1v) is 5.65. The minimum atomic E-state index is -0.322. The zero-order valence-corrected chi connectivity index (χ0v) is 9.31. The molecule has 1 N–H and O–H groups in total. The molecule has 4 atom stereocenters. The van der Waals surface area contributed by atoms with Gasteiger partial charge in [0.1, 0.15) is 0 Å². The molecule has 2 rings (SSSR count). The number of aliphatic hydroxyl groups is 1. The SMILES string of the molecule is C[C@@H]1C[C@H](N(C)C2CC2)[C@@H](O)[C@H](C)O1. The van der Waals surface area contributed by atoms with Gasteiger partial charge in [-0.2, -0.15) is 0 Å². The summed E-state index contributed by atoms with van der Waals surface area (Å²) in [6, 6.07) is 1.01. The number of rotatable bonds is 2. The Balaban J connectivity index is 2.00. The Morgan fingerprint density at radius 1 is 1.29 bits per heavy atom. The molecule has 2 fully saturated rings. The van der Waals surface area contributed by atoms with Gasteiger partial charge in [0.05, 0.1) is 18.3 Å². The Hall–Kier alpha value is -0.120. The molecule has 82 valence electrons. The maximum Gasteiger partial charge on any atom is 0.0954 e. The fourth-order valence-corrected chi connectivity index (χ4v) is 2.45. The van der Waals surface area contributed by atoms with Crippen molar-refractivity contribution in [1.29, 1.82) is 0 Å². The summed E-state index contributed by atoms with van der Waals surface area (Å²) >= 11 is 0. The number of ether oxygens (including phenoxy) is 1. The first kappa shape index (κ1) is 10.4. The standard InChI is InChI=1S/C11H21NO2/c1-7-6-10(11(13)8(2)14-7)12(3)9-4-5-9/h7-11,13H,4-6H2,1-3H3/t7-,8+,10+,11+/m1/s1. The monoisotopic (exact) mass is 199 g/mol. The van der Waals surface area contributed by atoms with Crippen LogP contribution in [0.2, 0.25) is 0 Å². The van der Waals surface area contributed by atoms with Crippen LogP contribution >= 0.6 is 0 Å². The van der Waals surface area contributed by atoms with Gasteiger partial charge in [0, 0.05) is 12.1 Å². The summed E-state index contributed by atoms with van der Waals surface area (Å²) in [6.07, 6.45) is 3.48. The van der Waals surface area contributed by atoms with E-state index in [4.69, 9.17) is 4.74 Å². The lowest BCUT2D eigenvalue weighted by atomic mass is 9.95. The van der Waals surface area contributed by atoms with E-state index in [-0.39, 0.29) is 18.3 Å². The number of likely N-dealkylation sites (N-methyl/N-ethyl adjacent to an activating group) is 1. The molecule has 14 heavy (non-hydrogen) atoms. The van der Waals surface area contributed by atoms with E-state index >= 15 is 0 Å². The number of hydrogen-bond donors (Lipinski definition) is 1. The second kappa shape index (κ2) is 3.80. The molecule has 1 aliphatic heterocycles. The highest BCUT2D eigenvalue weighted by molar-refractivity contribution is 4.94. The van der Waals surface area contributed by atoms with Crippen molar-refractivity contribution in [2.75, 3.05) is 7.05 Å². The van der Waals surface area contributed by atoms with E-state index in [2.05, 4.69) is 18.9 Å². The van der Waals surface area contributed by atoms with Crippen molar-refractivity contribution in [3.05, 3.63) is 0 Å². The van der Waals surface area contributed by atoms with Crippen LogP contribution in [0.3, 0.4) is 0 Å². The van der Waals surface area contributed by atoms with Crippen LogP contribution in [0.25, 0.3) is 0 Å². The molecule has 1 aliphatic carbocycles. The van der Waals surface area contributed by atoms with E-state index in [1.54, 1.807) is 0 Å². The van der Waals surface area contributed by atoms with Gasteiger partial charge >= 0.3 is 0 Å². The Kier molecular flexibility index (Phi) is 2.82. The molecule has 0 bridgehead atoms. The van der Waals surface area contributed by atoms with Crippen molar-refractivity contribution in [2.24, 2.45) is 0 Å². The highest BCUT2D eigenvalue weighted by Gasteiger charge is 2.40. The molecule has 0 aromatic carbocycles. The molecule has 0 unspecified atom stereocenters. The van der Waals surface area contributed by atoms with Crippen LogP contribution in [0.1, 0.15) is 33.1 Å². The average molecular weight is 199 g/mol. The maximum absolute atomic E-state index is 10.0. The number of hydrogen-bond acceptors (Lipinski definition) is 3. The lowest BCUT2D eigenvalue weighted by Gasteiger charge is -2.41. The van der Waals surface area contributed by atoms with Crippen molar-refractivity contribution < 1.29 is 9.84 Å². The largest absolute Gasteiger partial charge is 0.389 e. The first-order chi connectivity index (χ1) is 6.59. The Morgan fingerprint density at radius 2 is 1.93 bits per heavy atom. The second-order valence-corrected chi connectivity index (χ2v) is 4.84. The molecule has 0 amide bonds. The molecule has 1 saturated heterocycles. The van der Waals surface area contributed by atoms with Gasteiger partial charge in [-0.05, 0) is 40.2 Å². The van der Waals surface area contributed by atoms with Crippen molar-refractivity contribution >= 4 is 0 Å². The minimum absolute atomic E-state index is 0.0232. The van der Waals surface area contributed by atoms with E-state index in [1.165, 1.54) is 12.8 Å². The van der Waals surface area contributed by atoms with Gasteiger partial charge in [0.25, 0.3) is 0 Å². The van der Waals surface area contributed by atoms with Crippen LogP contribution in [0, 0.1) is 0 Å². The molecule has 1 heterocycles. The third-order valence-corrected chi connectivity index (χ3v) is 3.54. The van der Waals surface area contributed by atoms with Gasteiger partial charge in [-0.15, -0.1) is 0 Å². The third-order valence-electron chi connectivity index (χ3n) is 3.54. The third kappa shape index (κ3) is 1.95. The van der Waals surface area contributed by atoms with Gasteiger partial charge in [-0.25, -0.2) is 0 Å². The van der Waals surface area contributed by atoms with Crippen LogP contribution in [0.5, 0.6) is 0 Å². The van der Waals surface area contributed by atoms with E-state index in [9.17, 15) is 5.11 Å². The molecule has 2 aliphatic rings. The molecular weight excluding hydrogens is 178 g/mol. The topological polar surface area (TPSA) is 32.7 Å². The fourth-order valence-electron chi connectivity index (χ4n) is 2.45. The molecule has 0 aromatic rings. The number of nitrogens with zero attached hydrogens (tertiary/aromatic N) is 1. The summed E-state index contributed by atoms with van der Waals surface area (Å²) in [5.74, 6) is 0. The average Bonchev–Trinajstić information content (AvgIpc) is 2.93. The normalized spacial score (nSPS) is 44.4. The molecule has 3 heteroatoms. The molecule has 1 saturated carbocycles. The lowest BCUT2D eigenvalue weighted by Crippen LogP contribution is -2.53.